The van der Waals surface area contributed by atoms with Gasteiger partial charge in [-0.3, -0.25) is 8.61 Å². The predicted octanol–water partition coefficient (Wildman–Crippen LogP) is 5.50. The van der Waals surface area contributed by atoms with E-state index in [4.69, 9.17) is 0 Å². The molecule has 1 heterocycles. The van der Waals surface area contributed by atoms with Crippen LogP contribution in [0.15, 0.2) is 71.0 Å². The van der Waals surface area contributed by atoms with E-state index in [9.17, 15) is 16.8 Å². The Hall–Kier alpha value is -3.10. The van der Waals surface area contributed by atoms with Crippen molar-refractivity contribution >= 4 is 31.4 Å². The van der Waals surface area contributed by atoms with Crippen LogP contribution < -0.4 is 8.61 Å². The minimum Gasteiger partial charge on any atom is -0.262 e. The lowest BCUT2D eigenvalue weighted by molar-refractivity contribution is 0.572. The van der Waals surface area contributed by atoms with Crippen molar-refractivity contribution in [3.8, 4) is 0 Å². The minimum atomic E-state index is -4.03. The molecule has 0 N–H and O–H groups in total. The summed E-state index contributed by atoms with van der Waals surface area (Å²) in [6, 6.07) is 13.3. The molecule has 8 heteroatoms. The van der Waals surface area contributed by atoms with Crippen LogP contribution in [0.25, 0.3) is 0 Å². The molecule has 0 saturated heterocycles. The third-order valence-corrected chi connectivity index (χ3v) is 10.8. The van der Waals surface area contributed by atoms with Gasteiger partial charge < -0.3 is 0 Å². The van der Waals surface area contributed by atoms with Gasteiger partial charge >= 0.3 is 0 Å². The molecule has 1 aliphatic rings. The van der Waals surface area contributed by atoms with Gasteiger partial charge in [-0.15, -0.1) is 6.58 Å². The number of sulfonamides is 2. The highest BCUT2D eigenvalue weighted by atomic mass is 32.2. The molecule has 190 valence electrons. The van der Waals surface area contributed by atoms with E-state index < -0.39 is 26.1 Å². The lowest BCUT2D eigenvalue weighted by Crippen LogP contribution is -2.52. The van der Waals surface area contributed by atoms with Crippen molar-refractivity contribution in [1.29, 1.82) is 0 Å². The first-order chi connectivity index (χ1) is 16.8. The minimum absolute atomic E-state index is 0.0845. The summed E-state index contributed by atoms with van der Waals surface area (Å²) in [6.45, 7) is 14.8. The van der Waals surface area contributed by atoms with E-state index in [1.807, 2.05) is 38.1 Å². The smallest absolute Gasteiger partial charge is 0.262 e. The second-order valence-corrected chi connectivity index (χ2v) is 13.1. The maximum atomic E-state index is 14.2. The van der Waals surface area contributed by atoms with Gasteiger partial charge in [0.1, 0.15) is 0 Å². The van der Waals surface area contributed by atoms with Gasteiger partial charge in [0.2, 0.25) is 0 Å². The number of anilines is 2. The maximum Gasteiger partial charge on any atom is 0.265 e. The molecule has 0 aliphatic carbocycles. The van der Waals surface area contributed by atoms with Gasteiger partial charge in [-0.2, -0.15) is 0 Å². The number of para-hydroxylation sites is 2. The Kier molecular flexibility index (Phi) is 6.56. The van der Waals surface area contributed by atoms with E-state index in [0.717, 1.165) is 11.1 Å². The Balaban J connectivity index is 1.95. The van der Waals surface area contributed by atoms with Crippen molar-refractivity contribution in [2.75, 3.05) is 15.2 Å². The molecule has 4 rings (SSSR count). The van der Waals surface area contributed by atoms with Crippen LogP contribution in [0.2, 0.25) is 0 Å². The Morgan fingerprint density at radius 1 is 0.722 bits per heavy atom. The Morgan fingerprint density at radius 3 is 1.58 bits per heavy atom. The van der Waals surface area contributed by atoms with Crippen molar-refractivity contribution in [1.82, 2.24) is 0 Å². The quantitative estimate of drug-likeness (QED) is 0.413. The van der Waals surface area contributed by atoms with Gasteiger partial charge in [0.25, 0.3) is 20.0 Å². The third-order valence-electron chi connectivity index (χ3n) is 6.59. The fraction of sp³-hybridized carbons (Fsp3) is 0.286. The third kappa shape index (κ3) is 4.12. The topological polar surface area (TPSA) is 74.8 Å². The highest BCUT2D eigenvalue weighted by Crippen LogP contribution is 2.43. The molecule has 1 unspecified atom stereocenters. The predicted molar refractivity (Wildman–Crippen MR) is 146 cm³/mol. The highest BCUT2D eigenvalue weighted by molar-refractivity contribution is 7.93. The zero-order chi connectivity index (χ0) is 26.6. The number of fused-ring (bicyclic) bond motifs is 1. The van der Waals surface area contributed by atoms with E-state index in [1.54, 1.807) is 52.0 Å². The normalized spacial score (nSPS) is 16.1. The molecule has 0 radical (unpaired) electrons. The highest BCUT2D eigenvalue weighted by Gasteiger charge is 2.43. The average molecular weight is 525 g/mol. The van der Waals surface area contributed by atoms with Crippen LogP contribution in [-0.2, 0) is 20.0 Å². The van der Waals surface area contributed by atoms with E-state index in [-0.39, 0.29) is 16.3 Å². The summed E-state index contributed by atoms with van der Waals surface area (Å²) in [5.74, 6) is 0. The Labute approximate surface area is 215 Å². The van der Waals surface area contributed by atoms with Crippen LogP contribution in [-0.4, -0.2) is 29.4 Å². The lowest BCUT2D eigenvalue weighted by Gasteiger charge is -2.42. The van der Waals surface area contributed by atoms with Gasteiger partial charge in [-0.05, 0) is 75.9 Å². The summed E-state index contributed by atoms with van der Waals surface area (Å²) in [5, 5.41) is 0. The van der Waals surface area contributed by atoms with E-state index in [0.29, 0.717) is 33.6 Å². The molecule has 0 aromatic heterocycles. The van der Waals surface area contributed by atoms with Crippen LogP contribution >= 0.6 is 0 Å². The molecule has 0 spiro atoms. The molecule has 1 aliphatic heterocycles. The Bertz CT molecular complexity index is 1550. The molecular formula is C28H32N2O4S2. The van der Waals surface area contributed by atoms with Crippen molar-refractivity contribution in [2.45, 2.75) is 57.4 Å². The monoisotopic (exact) mass is 524 g/mol. The first-order valence-electron chi connectivity index (χ1n) is 11.7. The van der Waals surface area contributed by atoms with Gasteiger partial charge in [-0.1, -0.05) is 53.6 Å². The number of benzene rings is 3. The number of hydrogen-bond donors (Lipinski definition) is 0. The number of nitrogens with zero attached hydrogens (tertiary/aromatic N) is 2. The van der Waals surface area contributed by atoms with E-state index >= 15 is 0 Å². The fourth-order valence-electron chi connectivity index (χ4n) is 5.44. The maximum absolute atomic E-state index is 14.2. The summed E-state index contributed by atoms with van der Waals surface area (Å²) in [7, 11) is -8.02. The lowest BCUT2D eigenvalue weighted by atomic mass is 10.1. The zero-order valence-corrected chi connectivity index (χ0v) is 23.2. The SMILES string of the molecule is C=CC1CN(S(=O)(=O)c2c(C)cc(C)cc2C)c2ccccc2N1S(=O)(=O)c1c(C)cc(C)cc1C. The summed E-state index contributed by atoms with van der Waals surface area (Å²) >= 11 is 0. The first kappa shape index (κ1) is 26.0. The summed E-state index contributed by atoms with van der Waals surface area (Å²) in [4.78, 5) is 0.475. The molecule has 6 nitrogen and oxygen atoms in total. The summed E-state index contributed by atoms with van der Waals surface area (Å²) < 4.78 is 59.1. The average Bonchev–Trinajstić information content (AvgIpc) is 2.75. The molecule has 1 atom stereocenters. The van der Waals surface area contributed by atoms with E-state index in [2.05, 4.69) is 6.58 Å². The number of aryl methyl sites for hydroxylation is 6. The van der Waals surface area contributed by atoms with Gasteiger partial charge in [-0.25, -0.2) is 16.8 Å². The summed E-state index contributed by atoms with van der Waals surface area (Å²) in [5.41, 5.74) is 5.18. The standard InChI is InChI=1S/C28H32N2O4S2/c1-8-24-17-29(35(31,32)27-20(4)13-18(2)14-21(27)5)25-11-9-10-12-26(25)30(24)36(33,34)28-22(6)15-19(3)16-23(28)7/h8-16,24H,1,17H2,2-7H3. The molecule has 0 fully saturated rings. The largest absolute Gasteiger partial charge is 0.265 e. The van der Waals surface area contributed by atoms with Crippen molar-refractivity contribution in [3.63, 3.8) is 0 Å². The molecule has 36 heavy (non-hydrogen) atoms. The molecular weight excluding hydrogens is 492 g/mol. The molecule has 0 bridgehead atoms. The number of rotatable bonds is 5. The first-order valence-corrected chi connectivity index (χ1v) is 14.6. The Morgan fingerprint density at radius 2 is 1.14 bits per heavy atom. The van der Waals surface area contributed by atoms with Gasteiger partial charge in [0.15, 0.2) is 0 Å². The van der Waals surface area contributed by atoms with Crippen LogP contribution in [0.5, 0.6) is 0 Å². The van der Waals surface area contributed by atoms with Crippen LogP contribution in [0.1, 0.15) is 33.4 Å². The van der Waals surface area contributed by atoms with Crippen LogP contribution in [0.3, 0.4) is 0 Å². The van der Waals surface area contributed by atoms with Crippen LogP contribution in [0.4, 0.5) is 11.4 Å². The second-order valence-electron chi connectivity index (χ2n) is 9.58. The second kappa shape index (κ2) is 9.09. The fourth-order valence-corrected chi connectivity index (χ4v) is 9.41. The number of hydrogen-bond acceptors (Lipinski definition) is 4. The van der Waals surface area contributed by atoms with Gasteiger partial charge in [0, 0.05) is 0 Å². The summed E-state index contributed by atoms with van der Waals surface area (Å²) in [6.07, 6.45) is 1.50. The van der Waals surface area contributed by atoms with Crippen LogP contribution in [0, 0.1) is 41.5 Å². The molecule has 0 saturated carbocycles. The zero-order valence-electron chi connectivity index (χ0n) is 21.5. The molecule has 3 aromatic rings. The van der Waals surface area contributed by atoms with Gasteiger partial charge in [0.05, 0.1) is 33.8 Å². The molecule has 0 amide bonds. The van der Waals surface area contributed by atoms with E-state index in [1.165, 1.54) is 14.7 Å². The van der Waals surface area contributed by atoms with Crippen molar-refractivity contribution in [2.24, 2.45) is 0 Å². The van der Waals surface area contributed by atoms with Crippen molar-refractivity contribution in [3.05, 3.63) is 94.6 Å². The van der Waals surface area contributed by atoms with Crippen molar-refractivity contribution < 1.29 is 16.8 Å². The molecule has 3 aromatic carbocycles.